The van der Waals surface area contributed by atoms with Gasteiger partial charge in [0.25, 0.3) is 0 Å². The molecule has 14 heteroatoms. The van der Waals surface area contributed by atoms with Crippen LogP contribution in [0.3, 0.4) is 0 Å². The molecule has 4 amide bonds. The molecule has 2 aromatic rings. The molecule has 0 spiro atoms. The maximum atomic E-state index is 13.2. The van der Waals surface area contributed by atoms with Crippen LogP contribution in [0.4, 0.5) is 35.1 Å². The van der Waals surface area contributed by atoms with E-state index in [-0.39, 0.29) is 53.6 Å². The number of hydrogen-bond acceptors (Lipinski definition) is 4. The molecule has 0 N–H and O–H groups in total. The van der Waals surface area contributed by atoms with Crippen molar-refractivity contribution in [2.75, 3.05) is 0 Å². The number of likely N-dealkylation sites (tertiary alicyclic amines) is 2. The van der Waals surface area contributed by atoms with Crippen LogP contribution in [0.2, 0.25) is 0 Å². The van der Waals surface area contributed by atoms with Gasteiger partial charge >= 0.3 is 0 Å². The summed E-state index contributed by atoms with van der Waals surface area (Å²) in [6.45, 7) is 19.8. The fourth-order valence-corrected chi connectivity index (χ4v) is 4.78. The Hall–Kier alpha value is -3.84. The number of nitrogens with zero attached hydrogens (tertiary/aromatic N) is 2. The Morgan fingerprint density at radius 3 is 1.16 bits per heavy atom. The van der Waals surface area contributed by atoms with Crippen molar-refractivity contribution in [3.05, 3.63) is 69.3 Å². The van der Waals surface area contributed by atoms with E-state index in [4.69, 9.17) is 0 Å². The highest BCUT2D eigenvalue weighted by Gasteiger charge is 2.41. The van der Waals surface area contributed by atoms with Crippen molar-refractivity contribution in [2.24, 2.45) is 5.92 Å². The normalized spacial score (nSPS) is 16.3. The van der Waals surface area contributed by atoms with Crippen molar-refractivity contribution in [3.63, 3.8) is 0 Å². The Balaban J connectivity index is 0.000000638. The average molecular weight is 725 g/mol. The quantitative estimate of drug-likeness (QED) is 0.118. The van der Waals surface area contributed by atoms with Gasteiger partial charge in [0.05, 0.1) is 0 Å². The molecule has 1 atom stereocenters. The Kier molecular flexibility index (Phi) is 15.6. The van der Waals surface area contributed by atoms with Crippen molar-refractivity contribution >= 4 is 23.6 Å². The number of carbonyl (C=O) groups excluding carboxylic acids is 4. The molecule has 0 saturated carbocycles. The lowest BCUT2D eigenvalue weighted by molar-refractivity contribution is -0.145. The molecule has 2 saturated heterocycles. The van der Waals surface area contributed by atoms with Crippen LogP contribution in [-0.2, 0) is 24.6 Å². The molecular weight excluding hydrogens is 676 g/mol. The van der Waals surface area contributed by atoms with E-state index in [0.717, 1.165) is 13.8 Å². The Morgan fingerprint density at radius 1 is 0.560 bits per heavy atom. The molecule has 2 aliphatic rings. The lowest BCUT2D eigenvalue weighted by Gasteiger charge is -2.29. The first-order valence-corrected chi connectivity index (χ1v) is 15.3. The number of benzene rings is 2. The van der Waals surface area contributed by atoms with Crippen LogP contribution in [-0.4, -0.2) is 44.5 Å². The van der Waals surface area contributed by atoms with Gasteiger partial charge in [-0.1, -0.05) is 35.1 Å². The van der Waals surface area contributed by atoms with Gasteiger partial charge in [0.2, 0.25) is 23.6 Å². The third kappa shape index (κ3) is 10.8. The van der Waals surface area contributed by atoms with Crippen molar-refractivity contribution in [2.45, 2.75) is 126 Å². The maximum absolute atomic E-state index is 13.2. The molecule has 6 nitrogen and oxygen atoms in total. The van der Waals surface area contributed by atoms with E-state index in [9.17, 15) is 54.3 Å². The molecule has 2 fully saturated rings. The van der Waals surface area contributed by atoms with Gasteiger partial charge in [-0.25, -0.2) is 35.1 Å². The van der Waals surface area contributed by atoms with Crippen LogP contribution in [0.1, 0.15) is 113 Å². The van der Waals surface area contributed by atoms with Gasteiger partial charge in [0.15, 0.2) is 46.5 Å². The lowest BCUT2D eigenvalue weighted by Crippen LogP contribution is -2.45. The predicted molar refractivity (Wildman–Crippen MR) is 174 cm³/mol. The van der Waals surface area contributed by atoms with E-state index in [1.54, 1.807) is 27.7 Å². The SMILES string of the molecule is C.CC(C)(C)N1C(=O)CCC1=O.CC(C)(C)c1cc(F)c(F)c(F)c1F.CC1CC(=O)N(C(C)(C)C)C1=O.Cc1c(F)c(F)c(C)c(F)c1F. The van der Waals surface area contributed by atoms with Gasteiger partial charge in [-0.2, -0.15) is 0 Å². The third-order valence-corrected chi connectivity index (χ3v) is 7.38. The molecule has 2 aromatic carbocycles. The van der Waals surface area contributed by atoms with Gasteiger partial charge in [-0.15, -0.1) is 0 Å². The standard InChI is InChI=1S/C10H10F4.C9H15NO2.C8H6F4.C8H13NO2.CH4/c1-10(2,3)5-4-6(11)8(13)9(14)7(5)12;1-6-5-7(11)10(8(6)12)9(2,3)4;1-3-5(9)7(11)4(2)8(12)6(3)10;1-8(2,3)9-6(10)4-5-7(9)11;/h4H,1-3H3;6H,5H2,1-4H3;1-2H3;4-5H2,1-3H3;1H4. The van der Waals surface area contributed by atoms with Crippen LogP contribution in [0.15, 0.2) is 6.07 Å². The zero-order valence-electron chi connectivity index (χ0n) is 29.8. The first-order chi connectivity index (χ1) is 22.0. The molecule has 4 rings (SSSR count). The molecule has 0 aromatic heterocycles. The number of imide groups is 2. The molecule has 2 heterocycles. The van der Waals surface area contributed by atoms with Gasteiger partial charge < -0.3 is 0 Å². The van der Waals surface area contributed by atoms with Gasteiger partial charge in [-0.05, 0) is 72.4 Å². The second kappa shape index (κ2) is 16.9. The number of rotatable bonds is 0. The highest BCUT2D eigenvalue weighted by atomic mass is 19.2. The monoisotopic (exact) mass is 724 g/mol. The summed E-state index contributed by atoms with van der Waals surface area (Å²) in [5.74, 6) is -11.8. The van der Waals surface area contributed by atoms with Gasteiger partial charge in [0.1, 0.15) is 0 Å². The van der Waals surface area contributed by atoms with Gasteiger partial charge in [0, 0.05) is 47.4 Å². The number of carbonyl (C=O) groups is 4. The van der Waals surface area contributed by atoms with Crippen LogP contribution < -0.4 is 0 Å². The Morgan fingerprint density at radius 2 is 0.920 bits per heavy atom. The minimum absolute atomic E-state index is 0. The van der Waals surface area contributed by atoms with Crippen LogP contribution in [0.5, 0.6) is 0 Å². The fraction of sp³-hybridized carbons (Fsp3) is 0.556. The summed E-state index contributed by atoms with van der Waals surface area (Å²) in [6.07, 6.45) is 1.14. The second-order valence-electron chi connectivity index (χ2n) is 14.7. The lowest BCUT2D eigenvalue weighted by atomic mass is 9.86. The van der Waals surface area contributed by atoms with Crippen molar-refractivity contribution in [3.8, 4) is 0 Å². The summed E-state index contributed by atoms with van der Waals surface area (Å²) in [7, 11) is 0. The molecule has 282 valence electrons. The summed E-state index contributed by atoms with van der Waals surface area (Å²) in [5.41, 5.74) is -2.90. The van der Waals surface area contributed by atoms with E-state index in [2.05, 4.69) is 0 Å². The van der Waals surface area contributed by atoms with Gasteiger partial charge in [-0.3, -0.25) is 29.0 Å². The molecule has 1 unspecified atom stereocenters. The Labute approximate surface area is 289 Å². The number of halogens is 8. The molecule has 2 aliphatic heterocycles. The summed E-state index contributed by atoms with van der Waals surface area (Å²) in [5, 5.41) is 0. The van der Waals surface area contributed by atoms with Crippen LogP contribution in [0, 0.1) is 66.3 Å². The zero-order valence-corrected chi connectivity index (χ0v) is 29.8. The topological polar surface area (TPSA) is 74.8 Å². The average Bonchev–Trinajstić information content (AvgIpc) is 3.45. The summed E-state index contributed by atoms with van der Waals surface area (Å²) in [6, 6.07) is 0.688. The smallest absolute Gasteiger partial charge is 0.233 e. The molecule has 0 radical (unpaired) electrons. The Bertz CT molecular complexity index is 1480. The minimum atomic E-state index is -1.77. The summed E-state index contributed by atoms with van der Waals surface area (Å²) >= 11 is 0. The fourth-order valence-electron chi connectivity index (χ4n) is 4.78. The van der Waals surface area contributed by atoms with Crippen LogP contribution in [0.25, 0.3) is 0 Å². The predicted octanol–water partition coefficient (Wildman–Crippen LogP) is 9.15. The maximum Gasteiger partial charge on any atom is 0.233 e. The zero-order chi connectivity index (χ0) is 38.7. The first-order valence-electron chi connectivity index (χ1n) is 15.3. The van der Waals surface area contributed by atoms with Crippen LogP contribution >= 0.6 is 0 Å². The van der Waals surface area contributed by atoms with E-state index in [1.165, 1.54) is 9.80 Å². The first kappa shape index (κ1) is 46.2. The van der Waals surface area contributed by atoms with Crippen molar-refractivity contribution in [1.29, 1.82) is 0 Å². The van der Waals surface area contributed by atoms with E-state index >= 15 is 0 Å². The molecule has 0 bridgehead atoms. The molecular formula is C36H48F8N2O4. The third-order valence-electron chi connectivity index (χ3n) is 7.38. The van der Waals surface area contributed by atoms with Crippen molar-refractivity contribution < 1.29 is 54.3 Å². The largest absolute Gasteiger partial charge is 0.277 e. The summed E-state index contributed by atoms with van der Waals surface area (Å²) < 4.78 is 102. The van der Waals surface area contributed by atoms with Crippen molar-refractivity contribution in [1.82, 2.24) is 9.80 Å². The van der Waals surface area contributed by atoms with E-state index in [1.807, 2.05) is 41.5 Å². The number of hydrogen-bond donors (Lipinski definition) is 0. The molecule has 0 aliphatic carbocycles. The minimum Gasteiger partial charge on any atom is -0.277 e. The number of amides is 4. The van der Waals surface area contributed by atoms with E-state index < -0.39 is 63.1 Å². The molecule has 50 heavy (non-hydrogen) atoms. The highest BCUT2D eigenvalue weighted by Crippen LogP contribution is 2.29. The second-order valence-corrected chi connectivity index (χ2v) is 14.7. The highest BCUT2D eigenvalue weighted by molar-refractivity contribution is 6.04. The summed E-state index contributed by atoms with van der Waals surface area (Å²) in [4.78, 5) is 47.8. The van der Waals surface area contributed by atoms with E-state index in [0.29, 0.717) is 25.3 Å².